The van der Waals surface area contributed by atoms with Gasteiger partial charge in [0.2, 0.25) is 11.8 Å². The molecule has 0 aromatic carbocycles. The van der Waals surface area contributed by atoms with Crippen molar-refractivity contribution in [2.24, 2.45) is 28.9 Å². The van der Waals surface area contributed by atoms with Crippen LogP contribution in [-0.4, -0.2) is 29.3 Å². The number of piperidine rings is 1. The number of nitrogens with two attached hydrogens (primary N) is 1. The van der Waals surface area contributed by atoms with Crippen LogP contribution in [0, 0.1) is 23.2 Å². The quantitative estimate of drug-likeness (QED) is 0.720. The molecule has 0 radical (unpaired) electrons. The Hall–Kier alpha value is -0.900. The average molecular weight is 236 g/mol. The minimum absolute atomic E-state index is 0.0472. The molecule has 3 rings (SSSR count). The Morgan fingerprint density at radius 3 is 2.35 bits per heavy atom. The van der Waals surface area contributed by atoms with E-state index < -0.39 is 0 Å². The Labute approximate surface area is 102 Å². The van der Waals surface area contributed by atoms with Gasteiger partial charge in [-0.1, -0.05) is 20.3 Å². The maximum Gasteiger partial charge on any atom is 0.233 e. The monoisotopic (exact) mass is 236 g/mol. The van der Waals surface area contributed by atoms with E-state index in [1.54, 1.807) is 4.90 Å². The summed E-state index contributed by atoms with van der Waals surface area (Å²) in [4.78, 5) is 26.1. The molecule has 2 saturated carbocycles. The Bertz CT molecular complexity index is 367. The van der Waals surface area contributed by atoms with Crippen LogP contribution in [0.1, 0.15) is 33.1 Å². The fraction of sp³-hybridized carbons (Fsp3) is 0.846. The van der Waals surface area contributed by atoms with Gasteiger partial charge in [0, 0.05) is 6.04 Å². The zero-order valence-corrected chi connectivity index (χ0v) is 10.5. The first kappa shape index (κ1) is 11.2. The Balaban J connectivity index is 1.83. The van der Waals surface area contributed by atoms with Gasteiger partial charge in [-0.05, 0) is 30.7 Å². The van der Waals surface area contributed by atoms with Gasteiger partial charge < -0.3 is 5.73 Å². The molecule has 2 aliphatic carbocycles. The van der Waals surface area contributed by atoms with Crippen molar-refractivity contribution in [1.29, 1.82) is 0 Å². The second kappa shape index (κ2) is 3.31. The first-order valence-electron chi connectivity index (χ1n) is 6.57. The van der Waals surface area contributed by atoms with E-state index in [2.05, 4.69) is 0 Å². The van der Waals surface area contributed by atoms with Gasteiger partial charge in [-0.2, -0.15) is 0 Å². The average Bonchev–Trinajstić information content (AvgIpc) is 2.63. The molecule has 2 amide bonds. The van der Waals surface area contributed by atoms with Crippen LogP contribution in [-0.2, 0) is 9.59 Å². The predicted molar refractivity (Wildman–Crippen MR) is 62.8 cm³/mol. The molecule has 4 unspecified atom stereocenters. The van der Waals surface area contributed by atoms with E-state index >= 15 is 0 Å². The Morgan fingerprint density at radius 1 is 1.24 bits per heavy atom. The number of amides is 2. The lowest BCUT2D eigenvalue weighted by atomic mass is 9.99. The van der Waals surface area contributed by atoms with E-state index in [1.807, 2.05) is 13.8 Å². The summed E-state index contributed by atoms with van der Waals surface area (Å²) >= 11 is 0. The SMILES string of the molecule is CC1(C)C2C(=O)N(C3CCCC3CN)C(=O)C21. The molecule has 4 heteroatoms. The van der Waals surface area contributed by atoms with Gasteiger partial charge in [-0.3, -0.25) is 14.5 Å². The highest BCUT2D eigenvalue weighted by molar-refractivity contribution is 6.10. The van der Waals surface area contributed by atoms with Crippen molar-refractivity contribution in [2.75, 3.05) is 6.54 Å². The van der Waals surface area contributed by atoms with Crippen molar-refractivity contribution in [3.05, 3.63) is 0 Å². The third-order valence-corrected chi connectivity index (χ3v) is 5.09. The predicted octanol–water partition coefficient (Wildman–Crippen LogP) is 0.755. The van der Waals surface area contributed by atoms with E-state index in [0.29, 0.717) is 12.5 Å². The molecule has 4 atom stereocenters. The molecule has 1 aliphatic heterocycles. The molecule has 3 fully saturated rings. The van der Waals surface area contributed by atoms with Gasteiger partial charge in [0.05, 0.1) is 11.8 Å². The van der Waals surface area contributed by atoms with E-state index in [0.717, 1.165) is 19.3 Å². The third-order valence-electron chi connectivity index (χ3n) is 5.09. The van der Waals surface area contributed by atoms with Gasteiger partial charge in [0.15, 0.2) is 0 Å². The van der Waals surface area contributed by atoms with Crippen molar-refractivity contribution in [2.45, 2.75) is 39.2 Å². The summed E-state index contributed by atoms with van der Waals surface area (Å²) in [6, 6.07) is 0.0867. The number of carbonyl (C=O) groups excluding carboxylic acids is 2. The molecule has 2 N–H and O–H groups in total. The van der Waals surface area contributed by atoms with Crippen LogP contribution >= 0.6 is 0 Å². The van der Waals surface area contributed by atoms with Crippen LogP contribution in [0.3, 0.4) is 0 Å². The largest absolute Gasteiger partial charge is 0.330 e. The van der Waals surface area contributed by atoms with Gasteiger partial charge in [0.25, 0.3) is 0 Å². The van der Waals surface area contributed by atoms with E-state index in [4.69, 9.17) is 5.73 Å². The number of carbonyl (C=O) groups is 2. The number of rotatable bonds is 2. The fourth-order valence-corrected chi connectivity index (χ4v) is 3.93. The minimum atomic E-state index is -0.0958. The van der Waals surface area contributed by atoms with Gasteiger partial charge in [-0.25, -0.2) is 0 Å². The first-order valence-corrected chi connectivity index (χ1v) is 6.57. The fourth-order valence-electron chi connectivity index (χ4n) is 3.93. The van der Waals surface area contributed by atoms with Crippen molar-refractivity contribution < 1.29 is 9.59 Å². The number of fused-ring (bicyclic) bond motifs is 1. The summed E-state index contributed by atoms with van der Waals surface area (Å²) < 4.78 is 0. The van der Waals surface area contributed by atoms with Crippen LogP contribution in [0.25, 0.3) is 0 Å². The van der Waals surface area contributed by atoms with E-state index in [9.17, 15) is 9.59 Å². The number of likely N-dealkylation sites (tertiary alicyclic amines) is 1. The van der Waals surface area contributed by atoms with Gasteiger partial charge in [-0.15, -0.1) is 0 Å². The Morgan fingerprint density at radius 2 is 1.82 bits per heavy atom. The number of imide groups is 1. The van der Waals surface area contributed by atoms with E-state index in [-0.39, 0.29) is 35.1 Å². The molecule has 0 spiro atoms. The molecule has 1 heterocycles. The lowest BCUT2D eigenvalue weighted by Gasteiger charge is -2.30. The third kappa shape index (κ3) is 1.27. The highest BCUT2D eigenvalue weighted by atomic mass is 16.2. The van der Waals surface area contributed by atoms with Crippen molar-refractivity contribution in [3.8, 4) is 0 Å². The van der Waals surface area contributed by atoms with Gasteiger partial charge in [0.1, 0.15) is 0 Å². The highest BCUT2D eigenvalue weighted by Crippen LogP contribution is 2.64. The van der Waals surface area contributed by atoms with Crippen molar-refractivity contribution in [1.82, 2.24) is 4.90 Å². The lowest BCUT2D eigenvalue weighted by Crippen LogP contribution is -2.47. The molecule has 3 aliphatic rings. The summed E-state index contributed by atoms with van der Waals surface area (Å²) in [7, 11) is 0. The zero-order chi connectivity index (χ0) is 12.4. The van der Waals surface area contributed by atoms with E-state index in [1.165, 1.54) is 0 Å². The number of hydrogen-bond acceptors (Lipinski definition) is 3. The molecule has 17 heavy (non-hydrogen) atoms. The molecule has 1 saturated heterocycles. The molecule has 0 bridgehead atoms. The summed E-state index contributed by atoms with van der Waals surface area (Å²) in [6.45, 7) is 4.62. The maximum absolute atomic E-state index is 12.3. The first-order chi connectivity index (χ1) is 8.00. The molecular formula is C13H20N2O2. The molecular weight excluding hydrogens is 216 g/mol. The highest BCUT2D eigenvalue weighted by Gasteiger charge is 2.73. The van der Waals surface area contributed by atoms with Crippen LogP contribution in [0.2, 0.25) is 0 Å². The summed E-state index contributed by atoms with van der Waals surface area (Å²) in [5.41, 5.74) is 5.64. The standard InChI is InChI=1S/C13H20N2O2/c1-13(2)9-10(13)12(17)15(11(9)16)8-5-3-4-7(8)6-14/h7-10H,3-6,14H2,1-2H3. The molecule has 94 valence electrons. The van der Waals surface area contributed by atoms with Crippen LogP contribution in [0.15, 0.2) is 0 Å². The van der Waals surface area contributed by atoms with Crippen molar-refractivity contribution >= 4 is 11.8 Å². The second-order valence-electron chi connectivity index (χ2n) is 6.32. The number of hydrogen-bond donors (Lipinski definition) is 1. The van der Waals surface area contributed by atoms with Crippen LogP contribution in [0.5, 0.6) is 0 Å². The molecule has 4 nitrogen and oxygen atoms in total. The van der Waals surface area contributed by atoms with Crippen LogP contribution in [0.4, 0.5) is 0 Å². The summed E-state index contributed by atoms with van der Waals surface area (Å²) in [6.07, 6.45) is 3.08. The van der Waals surface area contributed by atoms with Gasteiger partial charge >= 0.3 is 0 Å². The smallest absolute Gasteiger partial charge is 0.233 e. The molecule has 0 aromatic rings. The minimum Gasteiger partial charge on any atom is -0.330 e. The normalized spacial score (nSPS) is 43.1. The topological polar surface area (TPSA) is 63.4 Å². The summed E-state index contributed by atoms with van der Waals surface area (Å²) in [5.74, 6) is 0.359. The summed E-state index contributed by atoms with van der Waals surface area (Å²) in [5, 5.41) is 0. The van der Waals surface area contributed by atoms with Crippen LogP contribution < -0.4 is 5.73 Å². The number of nitrogens with zero attached hydrogens (tertiary/aromatic N) is 1. The Kier molecular flexibility index (Phi) is 2.18. The molecule has 0 aromatic heterocycles. The lowest BCUT2D eigenvalue weighted by molar-refractivity contribution is -0.146. The zero-order valence-electron chi connectivity index (χ0n) is 10.5. The second-order valence-corrected chi connectivity index (χ2v) is 6.32. The maximum atomic E-state index is 12.3. The van der Waals surface area contributed by atoms with Crippen molar-refractivity contribution in [3.63, 3.8) is 0 Å².